The van der Waals surface area contributed by atoms with Gasteiger partial charge in [-0.15, -0.1) is 0 Å². The molecule has 0 aliphatic carbocycles. The summed E-state index contributed by atoms with van der Waals surface area (Å²) in [4.78, 5) is 12.8. The Kier molecular flexibility index (Phi) is 3.51. The van der Waals surface area contributed by atoms with E-state index in [1.165, 1.54) is 18.2 Å². The highest BCUT2D eigenvalue weighted by molar-refractivity contribution is 6.32. The standard InChI is InChI=1S/C17H13ClFNO2/c1-10-15(11-4-2-6-13(18)8-11)16(21)17(20,22-10)12-5-3-7-14(19)9-12/h2-9H,20H2,1H3. The van der Waals surface area contributed by atoms with Crippen LogP contribution in [0.1, 0.15) is 18.1 Å². The van der Waals surface area contributed by atoms with Gasteiger partial charge in [0.15, 0.2) is 0 Å². The van der Waals surface area contributed by atoms with Crippen molar-refractivity contribution in [3.8, 4) is 0 Å². The average molecular weight is 318 g/mol. The zero-order valence-corrected chi connectivity index (χ0v) is 12.5. The van der Waals surface area contributed by atoms with E-state index in [1.54, 1.807) is 37.3 Å². The van der Waals surface area contributed by atoms with Gasteiger partial charge in [-0.25, -0.2) is 4.39 Å². The molecule has 3 nitrogen and oxygen atoms in total. The summed E-state index contributed by atoms with van der Waals surface area (Å²) in [7, 11) is 0. The van der Waals surface area contributed by atoms with Gasteiger partial charge < -0.3 is 4.74 Å². The molecule has 0 radical (unpaired) electrons. The fourth-order valence-electron chi connectivity index (χ4n) is 2.57. The van der Waals surface area contributed by atoms with E-state index in [0.717, 1.165) is 0 Å². The Balaban J connectivity index is 2.06. The number of allylic oxidation sites excluding steroid dienone is 1. The van der Waals surface area contributed by atoms with Crippen molar-refractivity contribution >= 4 is 23.0 Å². The molecule has 0 spiro atoms. The number of benzene rings is 2. The second kappa shape index (κ2) is 5.23. The van der Waals surface area contributed by atoms with Crippen molar-refractivity contribution in [2.45, 2.75) is 12.6 Å². The summed E-state index contributed by atoms with van der Waals surface area (Å²) >= 11 is 5.97. The normalized spacial score (nSPS) is 21.2. The zero-order valence-electron chi connectivity index (χ0n) is 11.8. The van der Waals surface area contributed by atoms with Crippen LogP contribution in [0.2, 0.25) is 5.02 Å². The van der Waals surface area contributed by atoms with Crippen LogP contribution < -0.4 is 5.73 Å². The molecule has 1 aliphatic rings. The Morgan fingerprint density at radius 3 is 2.59 bits per heavy atom. The fraction of sp³-hybridized carbons (Fsp3) is 0.118. The van der Waals surface area contributed by atoms with Crippen LogP contribution in [-0.4, -0.2) is 5.78 Å². The van der Waals surface area contributed by atoms with Crippen molar-refractivity contribution in [3.05, 3.63) is 76.3 Å². The van der Waals surface area contributed by atoms with Gasteiger partial charge in [0.2, 0.25) is 11.5 Å². The third kappa shape index (κ3) is 2.30. The average Bonchev–Trinajstić information content (AvgIpc) is 2.70. The third-order valence-electron chi connectivity index (χ3n) is 3.60. The molecule has 112 valence electrons. The number of rotatable bonds is 2. The topological polar surface area (TPSA) is 52.3 Å². The summed E-state index contributed by atoms with van der Waals surface area (Å²) in [6, 6.07) is 12.4. The maximum absolute atomic E-state index is 13.4. The van der Waals surface area contributed by atoms with Crippen molar-refractivity contribution in [1.29, 1.82) is 0 Å². The smallest absolute Gasteiger partial charge is 0.248 e. The summed E-state index contributed by atoms with van der Waals surface area (Å²) in [5, 5.41) is 0.505. The molecule has 0 saturated carbocycles. The summed E-state index contributed by atoms with van der Waals surface area (Å²) < 4.78 is 19.0. The number of carbonyl (C=O) groups excluding carboxylic acids is 1. The molecule has 2 aromatic carbocycles. The highest BCUT2D eigenvalue weighted by atomic mass is 35.5. The van der Waals surface area contributed by atoms with E-state index in [2.05, 4.69) is 0 Å². The molecule has 1 heterocycles. The number of Topliss-reactive ketones (excluding diaryl/α,β-unsaturated/α-hetero) is 1. The Morgan fingerprint density at radius 2 is 1.91 bits per heavy atom. The van der Waals surface area contributed by atoms with Gasteiger partial charge in [0.25, 0.3) is 0 Å². The second-order valence-corrected chi connectivity index (χ2v) is 5.56. The van der Waals surface area contributed by atoms with Crippen molar-refractivity contribution in [2.75, 3.05) is 0 Å². The lowest BCUT2D eigenvalue weighted by Gasteiger charge is -2.23. The predicted molar refractivity (Wildman–Crippen MR) is 82.4 cm³/mol. The van der Waals surface area contributed by atoms with Crippen LogP contribution in [0.3, 0.4) is 0 Å². The molecule has 3 rings (SSSR count). The van der Waals surface area contributed by atoms with E-state index in [4.69, 9.17) is 22.1 Å². The number of halogens is 2. The van der Waals surface area contributed by atoms with Crippen LogP contribution >= 0.6 is 11.6 Å². The fourth-order valence-corrected chi connectivity index (χ4v) is 2.76. The van der Waals surface area contributed by atoms with Crippen LogP contribution in [0.4, 0.5) is 4.39 Å². The molecule has 1 unspecified atom stereocenters. The number of nitrogens with two attached hydrogens (primary N) is 1. The van der Waals surface area contributed by atoms with E-state index >= 15 is 0 Å². The van der Waals surface area contributed by atoms with Crippen LogP contribution in [-0.2, 0) is 15.3 Å². The van der Waals surface area contributed by atoms with Crippen molar-refractivity contribution in [1.82, 2.24) is 0 Å². The van der Waals surface area contributed by atoms with Crippen molar-refractivity contribution < 1.29 is 13.9 Å². The van der Waals surface area contributed by atoms with Crippen LogP contribution in [0.5, 0.6) is 0 Å². The van der Waals surface area contributed by atoms with Crippen LogP contribution in [0.15, 0.2) is 54.3 Å². The number of ketones is 1. The van der Waals surface area contributed by atoms with Gasteiger partial charge in [0.05, 0.1) is 5.57 Å². The minimum absolute atomic E-state index is 0.272. The van der Waals surface area contributed by atoms with Gasteiger partial charge in [-0.3, -0.25) is 10.5 Å². The Labute approximate surface area is 132 Å². The predicted octanol–water partition coefficient (Wildman–Crippen LogP) is 3.62. The quantitative estimate of drug-likeness (QED) is 0.920. The van der Waals surface area contributed by atoms with Gasteiger partial charge in [0.1, 0.15) is 11.6 Å². The van der Waals surface area contributed by atoms with Gasteiger partial charge in [0, 0.05) is 10.6 Å². The minimum atomic E-state index is -1.72. The number of ether oxygens (including phenoxy) is 1. The first-order valence-electron chi connectivity index (χ1n) is 6.67. The van der Waals surface area contributed by atoms with Gasteiger partial charge >= 0.3 is 0 Å². The molecule has 0 amide bonds. The largest absolute Gasteiger partial charge is 0.465 e. The minimum Gasteiger partial charge on any atom is -0.465 e. The van der Waals surface area contributed by atoms with Crippen molar-refractivity contribution in [3.63, 3.8) is 0 Å². The van der Waals surface area contributed by atoms with E-state index in [1.807, 2.05) is 0 Å². The molecule has 0 saturated heterocycles. The molecule has 1 atom stereocenters. The summed E-state index contributed by atoms with van der Waals surface area (Å²) in [6.45, 7) is 1.65. The van der Waals surface area contributed by atoms with Gasteiger partial charge in [-0.05, 0) is 36.8 Å². The summed E-state index contributed by atoms with van der Waals surface area (Å²) in [5.74, 6) is -0.510. The number of hydrogen-bond donors (Lipinski definition) is 1. The Bertz CT molecular complexity index is 803. The van der Waals surface area contributed by atoms with Crippen molar-refractivity contribution in [2.24, 2.45) is 5.73 Å². The Morgan fingerprint density at radius 1 is 1.18 bits per heavy atom. The SMILES string of the molecule is CC1=C(c2cccc(Cl)c2)C(=O)C(N)(c2cccc(F)c2)O1. The molecule has 2 N–H and O–H groups in total. The Hall–Kier alpha value is -2.17. The number of carbonyl (C=O) groups is 1. The molecule has 0 bridgehead atoms. The molecule has 22 heavy (non-hydrogen) atoms. The first-order chi connectivity index (χ1) is 10.4. The number of hydrogen-bond acceptors (Lipinski definition) is 3. The first-order valence-corrected chi connectivity index (χ1v) is 7.05. The maximum Gasteiger partial charge on any atom is 0.248 e. The van der Waals surface area contributed by atoms with Gasteiger partial charge in [-0.1, -0.05) is 35.9 Å². The molecular formula is C17H13ClFNO2. The van der Waals surface area contributed by atoms with Gasteiger partial charge in [-0.2, -0.15) is 0 Å². The third-order valence-corrected chi connectivity index (χ3v) is 3.83. The van der Waals surface area contributed by atoms with E-state index in [-0.39, 0.29) is 5.56 Å². The molecular weight excluding hydrogens is 305 g/mol. The summed E-state index contributed by atoms with van der Waals surface area (Å²) in [6.07, 6.45) is 0. The molecule has 2 aromatic rings. The monoisotopic (exact) mass is 317 g/mol. The van der Waals surface area contributed by atoms with Crippen LogP contribution in [0.25, 0.3) is 5.57 Å². The highest BCUT2D eigenvalue weighted by Crippen LogP contribution is 2.39. The second-order valence-electron chi connectivity index (χ2n) is 5.12. The van der Waals surface area contributed by atoms with E-state index in [9.17, 15) is 9.18 Å². The molecule has 0 aromatic heterocycles. The molecule has 5 heteroatoms. The first kappa shape index (κ1) is 14.8. The van der Waals surface area contributed by atoms with E-state index < -0.39 is 17.3 Å². The lowest BCUT2D eigenvalue weighted by atomic mass is 9.92. The maximum atomic E-state index is 13.4. The molecule has 0 fully saturated rings. The van der Waals surface area contributed by atoms with Crippen LogP contribution in [0, 0.1) is 5.82 Å². The molecule has 1 aliphatic heterocycles. The lowest BCUT2D eigenvalue weighted by molar-refractivity contribution is -0.130. The lowest BCUT2D eigenvalue weighted by Crippen LogP contribution is -2.43. The zero-order chi connectivity index (χ0) is 15.9. The van der Waals surface area contributed by atoms with E-state index in [0.29, 0.717) is 21.9 Å². The summed E-state index contributed by atoms with van der Waals surface area (Å²) in [5.41, 5.74) is 5.67. The highest BCUT2D eigenvalue weighted by Gasteiger charge is 2.47.